The van der Waals surface area contributed by atoms with Crippen LogP contribution >= 0.6 is 0 Å². The van der Waals surface area contributed by atoms with Crippen molar-refractivity contribution in [3.63, 3.8) is 0 Å². The van der Waals surface area contributed by atoms with E-state index in [1.54, 1.807) is 0 Å². The lowest BCUT2D eigenvalue weighted by molar-refractivity contribution is 0.237. The molecule has 2 heteroatoms. The molecule has 0 aliphatic carbocycles. The van der Waals surface area contributed by atoms with Gasteiger partial charge in [0.05, 0.1) is 0 Å². The Kier molecular flexibility index (Phi) is 4.90. The van der Waals surface area contributed by atoms with Crippen LogP contribution in [0.25, 0.3) is 0 Å². The van der Waals surface area contributed by atoms with E-state index in [1.165, 1.54) is 25.9 Å². The minimum absolute atomic E-state index is 0.625. The Bertz CT molecular complexity index is 156. The summed E-state index contributed by atoms with van der Waals surface area (Å²) in [6.45, 7) is 12.9. The summed E-state index contributed by atoms with van der Waals surface area (Å²) in [5.41, 5.74) is 0. The van der Waals surface area contributed by atoms with E-state index in [2.05, 4.69) is 37.9 Å². The third kappa shape index (κ3) is 3.97. The summed E-state index contributed by atoms with van der Waals surface area (Å²) in [6.07, 6.45) is 2.67. The summed E-state index contributed by atoms with van der Waals surface area (Å²) in [5, 5.41) is 3.48. The van der Waals surface area contributed by atoms with Crippen LogP contribution in [0.5, 0.6) is 0 Å². The van der Waals surface area contributed by atoms with Crippen molar-refractivity contribution in [2.45, 2.75) is 52.6 Å². The van der Waals surface area contributed by atoms with Gasteiger partial charge in [-0.1, -0.05) is 20.8 Å². The molecule has 2 atom stereocenters. The maximum Gasteiger partial charge on any atom is 0.00791 e. The Morgan fingerprint density at radius 1 is 1.36 bits per heavy atom. The van der Waals surface area contributed by atoms with E-state index in [4.69, 9.17) is 0 Å². The second-order valence-corrected chi connectivity index (χ2v) is 5.14. The van der Waals surface area contributed by atoms with Gasteiger partial charge in [-0.15, -0.1) is 0 Å². The number of hydrogen-bond donors (Lipinski definition) is 1. The van der Waals surface area contributed by atoms with Crippen molar-refractivity contribution < 1.29 is 0 Å². The van der Waals surface area contributed by atoms with E-state index in [9.17, 15) is 0 Å². The second-order valence-electron chi connectivity index (χ2n) is 5.14. The van der Waals surface area contributed by atoms with Gasteiger partial charge in [0.25, 0.3) is 0 Å². The van der Waals surface area contributed by atoms with Crippen LogP contribution < -0.4 is 5.32 Å². The van der Waals surface area contributed by atoms with Gasteiger partial charge < -0.3 is 10.2 Å². The fraction of sp³-hybridized carbons (Fsp3) is 1.00. The number of likely N-dealkylation sites (tertiary alicyclic amines) is 1. The molecule has 1 aliphatic heterocycles. The lowest BCUT2D eigenvalue weighted by Crippen LogP contribution is -2.34. The monoisotopic (exact) mass is 198 g/mol. The van der Waals surface area contributed by atoms with Crippen LogP contribution in [0.1, 0.15) is 40.5 Å². The maximum absolute atomic E-state index is 3.48. The van der Waals surface area contributed by atoms with Gasteiger partial charge in [0.2, 0.25) is 0 Å². The molecule has 1 heterocycles. The average molecular weight is 198 g/mol. The second kappa shape index (κ2) is 5.72. The minimum Gasteiger partial charge on any atom is -0.314 e. The molecule has 0 amide bonds. The smallest absolute Gasteiger partial charge is 0.00791 e. The predicted molar refractivity (Wildman–Crippen MR) is 62.6 cm³/mol. The summed E-state index contributed by atoms with van der Waals surface area (Å²) < 4.78 is 0. The first-order valence-electron chi connectivity index (χ1n) is 6.07. The molecular weight excluding hydrogens is 172 g/mol. The van der Waals surface area contributed by atoms with E-state index in [0.717, 1.165) is 18.5 Å². The Hall–Kier alpha value is -0.0800. The van der Waals surface area contributed by atoms with Gasteiger partial charge in [-0.2, -0.15) is 0 Å². The summed E-state index contributed by atoms with van der Waals surface area (Å²) in [6, 6.07) is 1.38. The fourth-order valence-corrected chi connectivity index (χ4v) is 2.13. The Morgan fingerprint density at radius 3 is 2.57 bits per heavy atom. The van der Waals surface area contributed by atoms with Crippen LogP contribution in [0.3, 0.4) is 0 Å². The highest BCUT2D eigenvalue weighted by Crippen LogP contribution is 2.18. The molecule has 0 aromatic carbocycles. The highest BCUT2D eigenvalue weighted by molar-refractivity contribution is 4.77. The molecule has 0 bridgehead atoms. The molecule has 0 aromatic heterocycles. The van der Waals surface area contributed by atoms with Gasteiger partial charge >= 0.3 is 0 Å². The minimum atomic E-state index is 0.625. The SMILES string of the molecule is CC1CCN(C(C)CCNC(C)C)C1. The van der Waals surface area contributed by atoms with Gasteiger partial charge in [-0.05, 0) is 38.8 Å². The number of nitrogens with zero attached hydrogens (tertiary/aromatic N) is 1. The summed E-state index contributed by atoms with van der Waals surface area (Å²) in [5.74, 6) is 0.913. The van der Waals surface area contributed by atoms with Crippen molar-refractivity contribution in [2.75, 3.05) is 19.6 Å². The van der Waals surface area contributed by atoms with Crippen LogP contribution in [0.2, 0.25) is 0 Å². The molecule has 1 saturated heterocycles. The molecule has 84 valence electrons. The van der Waals surface area contributed by atoms with E-state index in [1.807, 2.05) is 0 Å². The van der Waals surface area contributed by atoms with Gasteiger partial charge in [0, 0.05) is 18.6 Å². The lowest BCUT2D eigenvalue weighted by Gasteiger charge is -2.24. The molecule has 0 aromatic rings. The number of nitrogens with one attached hydrogen (secondary N) is 1. The highest BCUT2D eigenvalue weighted by Gasteiger charge is 2.22. The fourth-order valence-electron chi connectivity index (χ4n) is 2.13. The lowest BCUT2D eigenvalue weighted by atomic mass is 10.1. The highest BCUT2D eigenvalue weighted by atomic mass is 15.2. The topological polar surface area (TPSA) is 15.3 Å². The molecule has 0 radical (unpaired) electrons. The molecule has 1 N–H and O–H groups in total. The molecule has 2 nitrogen and oxygen atoms in total. The van der Waals surface area contributed by atoms with Crippen molar-refractivity contribution in [1.82, 2.24) is 10.2 Å². The molecule has 1 rings (SSSR count). The van der Waals surface area contributed by atoms with Crippen molar-refractivity contribution >= 4 is 0 Å². The van der Waals surface area contributed by atoms with Crippen LogP contribution in [0.4, 0.5) is 0 Å². The maximum atomic E-state index is 3.48. The van der Waals surface area contributed by atoms with Crippen molar-refractivity contribution in [2.24, 2.45) is 5.92 Å². The first-order chi connectivity index (χ1) is 6.59. The summed E-state index contributed by atoms with van der Waals surface area (Å²) >= 11 is 0. The van der Waals surface area contributed by atoms with E-state index in [0.29, 0.717) is 6.04 Å². The van der Waals surface area contributed by atoms with Gasteiger partial charge in [-0.3, -0.25) is 0 Å². The first kappa shape index (κ1) is 12.0. The number of hydrogen-bond acceptors (Lipinski definition) is 2. The van der Waals surface area contributed by atoms with Gasteiger partial charge in [-0.25, -0.2) is 0 Å². The average Bonchev–Trinajstić information content (AvgIpc) is 2.51. The molecular formula is C12H26N2. The zero-order valence-corrected chi connectivity index (χ0v) is 10.2. The Morgan fingerprint density at radius 2 is 2.07 bits per heavy atom. The molecule has 14 heavy (non-hydrogen) atoms. The molecule has 1 aliphatic rings. The molecule has 1 fully saturated rings. The zero-order valence-electron chi connectivity index (χ0n) is 10.2. The summed E-state index contributed by atoms with van der Waals surface area (Å²) in [4.78, 5) is 2.63. The van der Waals surface area contributed by atoms with Crippen molar-refractivity contribution in [3.8, 4) is 0 Å². The third-order valence-electron chi connectivity index (χ3n) is 3.19. The zero-order chi connectivity index (χ0) is 10.6. The molecule has 0 spiro atoms. The normalized spacial score (nSPS) is 25.9. The largest absolute Gasteiger partial charge is 0.314 e. The predicted octanol–water partition coefficient (Wildman–Crippen LogP) is 2.10. The van der Waals surface area contributed by atoms with Crippen molar-refractivity contribution in [3.05, 3.63) is 0 Å². The van der Waals surface area contributed by atoms with Crippen LogP contribution in [0, 0.1) is 5.92 Å². The van der Waals surface area contributed by atoms with Crippen LogP contribution in [0.15, 0.2) is 0 Å². The number of rotatable bonds is 5. The summed E-state index contributed by atoms with van der Waals surface area (Å²) in [7, 11) is 0. The van der Waals surface area contributed by atoms with Crippen LogP contribution in [-0.2, 0) is 0 Å². The van der Waals surface area contributed by atoms with E-state index < -0.39 is 0 Å². The Balaban J connectivity index is 2.12. The third-order valence-corrected chi connectivity index (χ3v) is 3.19. The van der Waals surface area contributed by atoms with Crippen molar-refractivity contribution in [1.29, 1.82) is 0 Å². The molecule has 0 saturated carbocycles. The molecule has 2 unspecified atom stereocenters. The standard InChI is InChI=1S/C12H26N2/c1-10(2)13-7-5-12(4)14-8-6-11(3)9-14/h10-13H,5-9H2,1-4H3. The Labute approximate surface area is 89.1 Å². The quantitative estimate of drug-likeness (QED) is 0.728. The van der Waals surface area contributed by atoms with Gasteiger partial charge in [0.1, 0.15) is 0 Å². The van der Waals surface area contributed by atoms with E-state index in [-0.39, 0.29) is 0 Å². The van der Waals surface area contributed by atoms with Crippen LogP contribution in [-0.4, -0.2) is 36.6 Å². The van der Waals surface area contributed by atoms with Gasteiger partial charge in [0.15, 0.2) is 0 Å². The van der Waals surface area contributed by atoms with E-state index >= 15 is 0 Å². The first-order valence-corrected chi connectivity index (χ1v) is 6.07.